The van der Waals surface area contributed by atoms with Gasteiger partial charge in [-0.1, -0.05) is 25.3 Å². The molecule has 0 aromatic heterocycles. The minimum Gasteiger partial charge on any atom is -0.507 e. The van der Waals surface area contributed by atoms with E-state index < -0.39 is 0 Å². The van der Waals surface area contributed by atoms with Crippen LogP contribution in [0.1, 0.15) is 0 Å². The molecule has 3 rings (SSSR count). The topological polar surface area (TPSA) is 64.5 Å². The fourth-order valence-corrected chi connectivity index (χ4v) is 2.99. The van der Waals surface area contributed by atoms with Crippen LogP contribution < -0.4 is 21.1 Å². The lowest BCUT2D eigenvalue weighted by Gasteiger charge is -2.16. The molecule has 0 unspecified atom stereocenters. The van der Waals surface area contributed by atoms with Gasteiger partial charge in [-0.05, 0) is 22.6 Å². The Hall–Kier alpha value is -2.88. The highest BCUT2D eigenvalue weighted by atomic mass is 16.3. The summed E-state index contributed by atoms with van der Waals surface area (Å²) in [4.78, 5) is 0. The van der Waals surface area contributed by atoms with Crippen molar-refractivity contribution in [1.82, 2.24) is 0 Å². The van der Waals surface area contributed by atoms with Crippen molar-refractivity contribution in [3.63, 3.8) is 0 Å². The predicted octanol–water partition coefficient (Wildman–Crippen LogP) is 2.31. The summed E-state index contributed by atoms with van der Waals surface area (Å²) in [5.74, 6) is 0.194. The first kappa shape index (κ1) is 14.1. The van der Waals surface area contributed by atoms with Crippen molar-refractivity contribution >= 4 is 46.1 Å². The summed E-state index contributed by atoms with van der Waals surface area (Å²) in [6, 6.07) is 7.29. The van der Waals surface area contributed by atoms with Gasteiger partial charge in [0.15, 0.2) is 0 Å². The van der Waals surface area contributed by atoms with E-state index in [2.05, 4.69) is 23.8 Å². The fourth-order valence-electron chi connectivity index (χ4n) is 2.99. The van der Waals surface area contributed by atoms with Crippen LogP contribution >= 0.6 is 0 Å². The Kier molecular flexibility index (Phi) is 3.10. The lowest BCUT2D eigenvalue weighted by molar-refractivity contribution is 0.478. The van der Waals surface area contributed by atoms with Gasteiger partial charge in [-0.15, -0.1) is 0 Å². The molecule has 4 N–H and O–H groups in total. The van der Waals surface area contributed by atoms with Gasteiger partial charge < -0.3 is 20.8 Å². The van der Waals surface area contributed by atoms with Crippen molar-refractivity contribution < 1.29 is 10.2 Å². The normalized spacial score (nSPS) is 11.0. The quantitative estimate of drug-likeness (QED) is 0.432. The van der Waals surface area contributed by atoms with Crippen LogP contribution in [0, 0.1) is 0 Å². The molecule has 0 saturated carbocycles. The maximum Gasteiger partial charge on any atom is 0.134 e. The van der Waals surface area contributed by atoms with Crippen molar-refractivity contribution in [3.8, 4) is 11.5 Å². The molecule has 0 heterocycles. The lowest BCUT2D eigenvalue weighted by Crippen LogP contribution is -2.07. The van der Waals surface area contributed by atoms with Crippen LogP contribution in [0.5, 0.6) is 11.5 Å². The Labute approximate surface area is 128 Å². The second kappa shape index (κ2) is 4.84. The molecule has 4 nitrogen and oxygen atoms in total. The van der Waals surface area contributed by atoms with Crippen LogP contribution in [0.2, 0.25) is 0 Å². The maximum absolute atomic E-state index is 10.8. The summed E-state index contributed by atoms with van der Waals surface area (Å²) in [5.41, 5.74) is 1.46. The number of aromatic hydroxyl groups is 2. The highest BCUT2D eigenvalue weighted by molar-refractivity contribution is 6.17. The average Bonchev–Trinajstić information content (AvgIpc) is 2.52. The molecule has 0 saturated heterocycles. The second-order valence-corrected chi connectivity index (χ2v) is 5.24. The highest BCUT2D eigenvalue weighted by Crippen LogP contribution is 2.44. The molecule has 0 spiro atoms. The maximum atomic E-state index is 10.8. The fraction of sp³-hybridized carbons (Fsp3) is 0.111. The Balaban J connectivity index is 2.77. The molecule has 0 bridgehead atoms. The molecule has 3 aromatic carbocycles. The van der Waals surface area contributed by atoms with Crippen molar-refractivity contribution in [1.29, 1.82) is 0 Å². The third-order valence-corrected chi connectivity index (χ3v) is 4.07. The number of hydrogen-bond acceptors (Lipinski definition) is 4. The van der Waals surface area contributed by atoms with Gasteiger partial charge in [0.05, 0.1) is 10.8 Å². The molecule has 22 heavy (non-hydrogen) atoms. The Morgan fingerprint density at radius 1 is 0.682 bits per heavy atom. The van der Waals surface area contributed by atoms with Crippen LogP contribution in [-0.2, 0) is 0 Å². The highest BCUT2D eigenvalue weighted by Gasteiger charge is 2.18. The molecule has 0 aliphatic heterocycles. The molecule has 112 valence electrons. The van der Waals surface area contributed by atoms with Crippen molar-refractivity contribution in [2.45, 2.75) is 0 Å². The lowest BCUT2D eigenvalue weighted by atomic mass is 9.96. The van der Waals surface area contributed by atoms with Gasteiger partial charge in [-0.2, -0.15) is 0 Å². The summed E-state index contributed by atoms with van der Waals surface area (Å²) in [5, 5.41) is 31.2. The monoisotopic (exact) mass is 294 g/mol. The SMILES string of the molecule is C=c1ccc(NC)c2c(O)c3c(=C)ccc(NC)c3c(O)c12. The van der Waals surface area contributed by atoms with Crippen LogP contribution in [-0.4, -0.2) is 24.3 Å². The average molecular weight is 294 g/mol. The smallest absolute Gasteiger partial charge is 0.134 e. The van der Waals surface area contributed by atoms with E-state index in [4.69, 9.17) is 0 Å². The van der Waals surface area contributed by atoms with Gasteiger partial charge in [-0.3, -0.25) is 0 Å². The predicted molar refractivity (Wildman–Crippen MR) is 94.2 cm³/mol. The molecule has 3 aromatic rings. The van der Waals surface area contributed by atoms with Gasteiger partial charge in [0.25, 0.3) is 0 Å². The van der Waals surface area contributed by atoms with Gasteiger partial charge in [0, 0.05) is 36.2 Å². The number of phenols is 2. The van der Waals surface area contributed by atoms with E-state index in [0.717, 1.165) is 11.4 Å². The molecule has 0 fully saturated rings. The molecular formula is C18H18N2O2. The van der Waals surface area contributed by atoms with Crippen LogP contribution in [0.15, 0.2) is 24.3 Å². The van der Waals surface area contributed by atoms with Crippen molar-refractivity contribution in [3.05, 3.63) is 34.7 Å². The zero-order valence-electron chi connectivity index (χ0n) is 12.6. The van der Waals surface area contributed by atoms with Crippen LogP contribution in [0.4, 0.5) is 11.4 Å². The van der Waals surface area contributed by atoms with Gasteiger partial charge in [-0.25, -0.2) is 0 Å². The van der Waals surface area contributed by atoms with E-state index in [0.29, 0.717) is 32.0 Å². The summed E-state index contributed by atoms with van der Waals surface area (Å²) >= 11 is 0. The molecule has 0 radical (unpaired) electrons. The first-order valence-corrected chi connectivity index (χ1v) is 6.98. The van der Waals surface area contributed by atoms with Crippen molar-refractivity contribution in [2.75, 3.05) is 24.7 Å². The Morgan fingerprint density at radius 2 is 1.05 bits per heavy atom. The Bertz CT molecular complexity index is 926. The summed E-state index contributed by atoms with van der Waals surface area (Å²) < 4.78 is 0. The third-order valence-electron chi connectivity index (χ3n) is 4.07. The number of hydrogen-bond donors (Lipinski definition) is 4. The van der Waals surface area contributed by atoms with Crippen LogP contribution in [0.25, 0.3) is 34.7 Å². The van der Waals surface area contributed by atoms with Crippen molar-refractivity contribution in [2.24, 2.45) is 0 Å². The number of anilines is 2. The zero-order valence-corrected chi connectivity index (χ0v) is 12.6. The number of nitrogens with one attached hydrogen (secondary N) is 2. The number of rotatable bonds is 2. The van der Waals surface area contributed by atoms with Gasteiger partial charge in [0.1, 0.15) is 11.5 Å². The zero-order chi connectivity index (χ0) is 16.0. The standard InChI is InChI=1S/C18H18N2O2/c1-9-5-7-11(19-3)15-13(9)17(21)16-12(20-4)8-6-10(2)14(16)18(15)22/h5-8,19-22H,1-2H2,3-4H3. The van der Waals surface area contributed by atoms with Crippen LogP contribution in [0.3, 0.4) is 0 Å². The largest absolute Gasteiger partial charge is 0.507 e. The first-order valence-electron chi connectivity index (χ1n) is 6.98. The van der Waals surface area contributed by atoms with E-state index in [1.54, 1.807) is 14.1 Å². The van der Waals surface area contributed by atoms with Gasteiger partial charge in [0.2, 0.25) is 0 Å². The van der Waals surface area contributed by atoms with E-state index in [-0.39, 0.29) is 11.5 Å². The second-order valence-electron chi connectivity index (χ2n) is 5.24. The summed E-state index contributed by atoms with van der Waals surface area (Å²) in [7, 11) is 3.54. The third kappa shape index (κ3) is 1.70. The number of fused-ring (bicyclic) bond motifs is 2. The van der Waals surface area contributed by atoms with E-state index in [1.807, 2.05) is 24.3 Å². The van der Waals surface area contributed by atoms with Gasteiger partial charge >= 0.3 is 0 Å². The minimum atomic E-state index is 0.0970. The molecule has 0 atom stereocenters. The molecule has 0 amide bonds. The van der Waals surface area contributed by atoms with E-state index in [1.165, 1.54) is 0 Å². The minimum absolute atomic E-state index is 0.0970. The molecule has 0 aliphatic carbocycles. The molecular weight excluding hydrogens is 276 g/mol. The summed E-state index contributed by atoms with van der Waals surface area (Å²) in [6.07, 6.45) is 0. The molecule has 4 heteroatoms. The first-order chi connectivity index (χ1) is 10.5. The number of phenolic OH excluding ortho intramolecular Hbond substituents is 2. The Morgan fingerprint density at radius 3 is 1.36 bits per heavy atom. The van der Waals surface area contributed by atoms with E-state index in [9.17, 15) is 10.2 Å². The molecule has 0 aliphatic rings. The van der Waals surface area contributed by atoms with E-state index >= 15 is 0 Å². The number of benzene rings is 3. The summed E-state index contributed by atoms with van der Waals surface area (Å²) in [6.45, 7) is 7.95.